The lowest BCUT2D eigenvalue weighted by Crippen LogP contribution is -2.50. The maximum absolute atomic E-state index is 11.9. The van der Waals surface area contributed by atoms with Crippen molar-refractivity contribution < 1.29 is 4.79 Å². The third-order valence-corrected chi connectivity index (χ3v) is 4.61. The molecule has 7 heteroatoms. The van der Waals surface area contributed by atoms with E-state index in [4.69, 9.17) is 5.73 Å². The average Bonchev–Trinajstić information content (AvgIpc) is 2.51. The summed E-state index contributed by atoms with van der Waals surface area (Å²) in [6, 6.07) is 0. The molecule has 0 aliphatic carbocycles. The van der Waals surface area contributed by atoms with Crippen LogP contribution in [-0.2, 0) is 4.79 Å². The molecule has 1 fully saturated rings. The molecule has 22 heavy (non-hydrogen) atoms. The van der Waals surface area contributed by atoms with E-state index in [0.29, 0.717) is 13.0 Å². The van der Waals surface area contributed by atoms with Crippen LogP contribution in [0.2, 0.25) is 0 Å². The quantitative estimate of drug-likeness (QED) is 0.691. The van der Waals surface area contributed by atoms with Crippen molar-refractivity contribution in [2.24, 2.45) is 5.73 Å². The highest BCUT2D eigenvalue weighted by Gasteiger charge is 2.21. The molecule has 0 aromatic rings. The van der Waals surface area contributed by atoms with Crippen molar-refractivity contribution >= 4 is 30.7 Å². The van der Waals surface area contributed by atoms with E-state index < -0.39 is 0 Å². The first-order valence-corrected chi connectivity index (χ1v) is 8.03. The van der Waals surface area contributed by atoms with Crippen LogP contribution in [0.15, 0.2) is 0 Å². The van der Waals surface area contributed by atoms with E-state index in [1.807, 2.05) is 0 Å². The van der Waals surface area contributed by atoms with Crippen LogP contribution in [0.1, 0.15) is 40.0 Å². The maximum atomic E-state index is 11.9. The van der Waals surface area contributed by atoms with Crippen LogP contribution in [0, 0.1) is 0 Å². The van der Waals surface area contributed by atoms with Crippen molar-refractivity contribution in [1.82, 2.24) is 15.1 Å². The van der Waals surface area contributed by atoms with Crippen LogP contribution in [0.5, 0.6) is 0 Å². The van der Waals surface area contributed by atoms with Crippen LogP contribution in [0.25, 0.3) is 0 Å². The third-order valence-electron chi connectivity index (χ3n) is 4.61. The Balaban J connectivity index is 0. The highest BCUT2D eigenvalue weighted by atomic mass is 35.5. The van der Waals surface area contributed by atoms with Gasteiger partial charge in [0.15, 0.2) is 0 Å². The molecule has 0 bridgehead atoms. The van der Waals surface area contributed by atoms with Gasteiger partial charge in [-0.25, -0.2) is 0 Å². The van der Waals surface area contributed by atoms with Crippen molar-refractivity contribution in [3.63, 3.8) is 0 Å². The zero-order valence-corrected chi connectivity index (χ0v) is 15.9. The number of likely N-dealkylation sites (N-methyl/N-ethyl adjacent to an activating group) is 1. The number of carbonyl (C=O) groups excluding carboxylic acids is 1. The maximum Gasteiger partial charge on any atom is 0.221 e. The molecule has 0 saturated carbocycles. The Morgan fingerprint density at radius 1 is 1.05 bits per heavy atom. The number of nitrogens with one attached hydrogen (secondary N) is 1. The van der Waals surface area contributed by atoms with Crippen LogP contribution in [0.4, 0.5) is 0 Å². The van der Waals surface area contributed by atoms with Crippen molar-refractivity contribution in [1.29, 1.82) is 0 Å². The van der Waals surface area contributed by atoms with Gasteiger partial charge in [-0.15, -0.1) is 24.8 Å². The first kappa shape index (κ1) is 24.2. The minimum absolute atomic E-state index is 0. The molecule has 1 heterocycles. The molecule has 1 aliphatic rings. The molecular formula is C15H34Cl2N4O. The SMILES string of the molecule is CCN1CCN(CCC(=O)NCC(N)(CC)CC)CC1.Cl.Cl. The average molecular weight is 357 g/mol. The van der Waals surface area contributed by atoms with Crippen LogP contribution in [0.3, 0.4) is 0 Å². The molecule has 134 valence electrons. The molecule has 1 amide bonds. The molecular weight excluding hydrogens is 323 g/mol. The minimum Gasteiger partial charge on any atom is -0.354 e. The number of carbonyl (C=O) groups is 1. The molecule has 1 rings (SSSR count). The monoisotopic (exact) mass is 356 g/mol. The molecule has 1 saturated heterocycles. The Labute approximate surface area is 148 Å². The van der Waals surface area contributed by atoms with Gasteiger partial charge in [-0.1, -0.05) is 20.8 Å². The van der Waals surface area contributed by atoms with Gasteiger partial charge in [0.05, 0.1) is 0 Å². The molecule has 0 spiro atoms. The number of nitrogens with zero attached hydrogens (tertiary/aromatic N) is 2. The van der Waals surface area contributed by atoms with E-state index in [9.17, 15) is 4.79 Å². The van der Waals surface area contributed by atoms with Crippen LogP contribution >= 0.6 is 24.8 Å². The third kappa shape index (κ3) is 8.53. The molecule has 0 aromatic heterocycles. The summed E-state index contributed by atoms with van der Waals surface area (Å²) >= 11 is 0. The Morgan fingerprint density at radius 2 is 1.55 bits per heavy atom. The zero-order valence-electron chi connectivity index (χ0n) is 14.3. The molecule has 0 unspecified atom stereocenters. The van der Waals surface area contributed by atoms with Gasteiger partial charge in [0.2, 0.25) is 5.91 Å². The molecule has 0 aromatic carbocycles. The smallest absolute Gasteiger partial charge is 0.221 e. The summed E-state index contributed by atoms with van der Waals surface area (Å²) in [7, 11) is 0. The fraction of sp³-hybridized carbons (Fsp3) is 0.933. The fourth-order valence-electron chi connectivity index (χ4n) is 2.45. The zero-order chi connectivity index (χ0) is 15.0. The number of nitrogens with two attached hydrogens (primary N) is 1. The summed E-state index contributed by atoms with van der Waals surface area (Å²) in [5.41, 5.74) is 5.94. The molecule has 5 nitrogen and oxygen atoms in total. The van der Waals surface area contributed by atoms with Crippen LogP contribution < -0.4 is 11.1 Å². The predicted octanol–water partition coefficient (Wildman–Crippen LogP) is 1.49. The second-order valence-electron chi connectivity index (χ2n) is 5.87. The topological polar surface area (TPSA) is 61.6 Å². The molecule has 0 radical (unpaired) electrons. The van der Waals surface area contributed by atoms with E-state index in [1.54, 1.807) is 0 Å². The number of halogens is 2. The Kier molecular flexibility index (Phi) is 13.6. The van der Waals surface area contributed by atoms with E-state index in [0.717, 1.165) is 52.1 Å². The summed E-state index contributed by atoms with van der Waals surface area (Å²) in [6.07, 6.45) is 2.36. The molecule has 1 aliphatic heterocycles. The Hall–Kier alpha value is -0.0700. The Morgan fingerprint density at radius 3 is 2.00 bits per heavy atom. The second kappa shape index (κ2) is 12.4. The molecule has 3 N–H and O–H groups in total. The van der Waals surface area contributed by atoms with Crippen molar-refractivity contribution in [3.8, 4) is 0 Å². The Bertz CT molecular complexity index is 293. The standard InChI is InChI=1S/C15H32N4O.2ClH/c1-4-15(16,5-2)13-17-14(20)7-8-19-11-9-18(6-3)10-12-19;;/h4-13,16H2,1-3H3,(H,17,20);2*1H. The summed E-state index contributed by atoms with van der Waals surface area (Å²) in [4.78, 5) is 16.7. The summed E-state index contributed by atoms with van der Waals surface area (Å²) in [6.45, 7) is 13.3. The van der Waals surface area contributed by atoms with Gasteiger partial charge >= 0.3 is 0 Å². The van der Waals surface area contributed by atoms with Gasteiger partial charge in [0, 0.05) is 51.2 Å². The minimum atomic E-state index is -0.248. The van der Waals surface area contributed by atoms with Crippen molar-refractivity contribution in [3.05, 3.63) is 0 Å². The normalized spacial score (nSPS) is 16.5. The second-order valence-corrected chi connectivity index (χ2v) is 5.87. The van der Waals surface area contributed by atoms with E-state index in [-0.39, 0.29) is 36.3 Å². The van der Waals surface area contributed by atoms with Crippen molar-refractivity contribution in [2.75, 3.05) is 45.8 Å². The van der Waals surface area contributed by atoms with Gasteiger partial charge in [-0.05, 0) is 19.4 Å². The largest absolute Gasteiger partial charge is 0.354 e. The number of piperazine rings is 1. The highest BCUT2D eigenvalue weighted by Crippen LogP contribution is 2.09. The summed E-state index contributed by atoms with van der Waals surface area (Å²) < 4.78 is 0. The van der Waals surface area contributed by atoms with Gasteiger partial charge in [0.1, 0.15) is 0 Å². The van der Waals surface area contributed by atoms with Crippen molar-refractivity contribution in [2.45, 2.75) is 45.6 Å². The number of hydrogen-bond donors (Lipinski definition) is 2. The van der Waals surface area contributed by atoms with E-state index in [2.05, 4.69) is 35.9 Å². The van der Waals surface area contributed by atoms with E-state index in [1.165, 1.54) is 0 Å². The van der Waals surface area contributed by atoms with Gasteiger partial charge < -0.3 is 20.9 Å². The fourth-order valence-corrected chi connectivity index (χ4v) is 2.45. The number of amides is 1. The lowest BCUT2D eigenvalue weighted by molar-refractivity contribution is -0.121. The predicted molar refractivity (Wildman–Crippen MR) is 98.2 cm³/mol. The molecule has 0 atom stereocenters. The first-order valence-electron chi connectivity index (χ1n) is 8.03. The van der Waals surface area contributed by atoms with E-state index >= 15 is 0 Å². The number of rotatable bonds is 8. The van der Waals surface area contributed by atoms with Crippen LogP contribution in [-0.4, -0.2) is 67.1 Å². The highest BCUT2D eigenvalue weighted by molar-refractivity contribution is 5.85. The van der Waals surface area contributed by atoms with Gasteiger partial charge in [-0.2, -0.15) is 0 Å². The van der Waals surface area contributed by atoms with Gasteiger partial charge in [0.25, 0.3) is 0 Å². The van der Waals surface area contributed by atoms with Gasteiger partial charge in [-0.3, -0.25) is 4.79 Å². The number of hydrogen-bond acceptors (Lipinski definition) is 4. The lowest BCUT2D eigenvalue weighted by Gasteiger charge is -2.34. The lowest BCUT2D eigenvalue weighted by atomic mass is 9.94. The summed E-state index contributed by atoms with van der Waals surface area (Å²) in [5, 5.41) is 2.98. The summed E-state index contributed by atoms with van der Waals surface area (Å²) in [5.74, 6) is 0.125. The first-order chi connectivity index (χ1) is 9.53.